The number of phenols is 1. The van der Waals surface area contributed by atoms with Crippen molar-refractivity contribution in [3.63, 3.8) is 0 Å². The molecule has 0 unspecified atom stereocenters. The first kappa shape index (κ1) is 28.4. The van der Waals surface area contributed by atoms with Crippen molar-refractivity contribution in [2.24, 2.45) is 0 Å². The van der Waals surface area contributed by atoms with Gasteiger partial charge in [-0.05, 0) is 42.3 Å². The second-order valence-corrected chi connectivity index (χ2v) is 12.0. The standard InChI is InChI=1S/C31H33N3O6S/c1-39-26-14-13-25(29(35)30(26)40-2)20-33-16-5-17-34(19-18-33)31(36)24-11-9-22(10-12-24)21-41(37,38)27-8-3-6-23-7-4-15-32-28(23)27/h3-4,6-15,35H,5,16-21H2,1-2H3. The highest BCUT2D eigenvalue weighted by atomic mass is 32.2. The molecule has 5 rings (SSSR count). The zero-order valence-corrected chi connectivity index (χ0v) is 23.9. The van der Waals surface area contributed by atoms with Crippen LogP contribution in [-0.2, 0) is 22.1 Å². The summed E-state index contributed by atoms with van der Waals surface area (Å²) >= 11 is 0. The van der Waals surface area contributed by atoms with Crippen LogP contribution in [0.3, 0.4) is 0 Å². The number of carbonyl (C=O) groups excluding carboxylic acids is 1. The lowest BCUT2D eigenvalue weighted by atomic mass is 10.1. The molecule has 10 heteroatoms. The molecule has 41 heavy (non-hydrogen) atoms. The lowest BCUT2D eigenvalue weighted by Gasteiger charge is -2.23. The number of nitrogens with zero attached hydrogens (tertiary/aromatic N) is 3. The van der Waals surface area contributed by atoms with Gasteiger partial charge in [0.1, 0.15) is 0 Å². The van der Waals surface area contributed by atoms with E-state index in [1.54, 1.807) is 54.7 Å². The van der Waals surface area contributed by atoms with Gasteiger partial charge in [-0.2, -0.15) is 0 Å². The molecule has 0 radical (unpaired) electrons. The summed E-state index contributed by atoms with van der Waals surface area (Å²) in [6.45, 7) is 3.09. The molecule has 1 saturated heterocycles. The summed E-state index contributed by atoms with van der Waals surface area (Å²) in [5.74, 6) is 0.562. The second-order valence-electron chi connectivity index (χ2n) is 10.0. The number of amides is 1. The fourth-order valence-corrected chi connectivity index (χ4v) is 6.74. The van der Waals surface area contributed by atoms with Crippen molar-refractivity contribution in [2.45, 2.75) is 23.6 Å². The van der Waals surface area contributed by atoms with Gasteiger partial charge >= 0.3 is 0 Å². The summed E-state index contributed by atoms with van der Waals surface area (Å²) in [5.41, 5.74) is 2.31. The van der Waals surface area contributed by atoms with Crippen molar-refractivity contribution in [3.05, 3.63) is 89.6 Å². The molecule has 9 nitrogen and oxygen atoms in total. The van der Waals surface area contributed by atoms with Crippen LogP contribution in [0.1, 0.15) is 27.9 Å². The Hall–Kier alpha value is -4.15. The van der Waals surface area contributed by atoms with Crippen LogP contribution < -0.4 is 9.47 Å². The van der Waals surface area contributed by atoms with Crippen LogP contribution in [-0.4, -0.2) is 74.6 Å². The summed E-state index contributed by atoms with van der Waals surface area (Å²) < 4.78 is 37.0. The summed E-state index contributed by atoms with van der Waals surface area (Å²) in [7, 11) is -0.622. The van der Waals surface area contributed by atoms with Crippen molar-refractivity contribution in [1.29, 1.82) is 0 Å². The molecule has 0 aliphatic carbocycles. The Labute approximate surface area is 239 Å². The number of rotatable bonds is 8. The number of aromatic hydroxyl groups is 1. The Kier molecular flexibility index (Phi) is 8.41. The van der Waals surface area contributed by atoms with Gasteiger partial charge in [0, 0.05) is 55.4 Å². The number of phenolic OH excluding ortho intramolecular Hbond substituents is 1. The zero-order valence-electron chi connectivity index (χ0n) is 23.1. The molecule has 1 aromatic heterocycles. The van der Waals surface area contributed by atoms with Gasteiger partial charge in [-0.1, -0.05) is 36.4 Å². The van der Waals surface area contributed by atoms with E-state index in [1.165, 1.54) is 14.2 Å². The number of ether oxygens (including phenoxy) is 2. The Balaban J connectivity index is 1.23. The molecule has 1 aliphatic rings. The normalized spacial score (nSPS) is 14.5. The van der Waals surface area contributed by atoms with Crippen molar-refractivity contribution >= 4 is 26.6 Å². The van der Waals surface area contributed by atoms with E-state index in [0.717, 1.165) is 23.9 Å². The number of methoxy groups -OCH3 is 2. The van der Waals surface area contributed by atoms with Crippen LogP contribution in [0.15, 0.2) is 77.8 Å². The van der Waals surface area contributed by atoms with E-state index in [0.29, 0.717) is 54.3 Å². The van der Waals surface area contributed by atoms with E-state index >= 15 is 0 Å². The van der Waals surface area contributed by atoms with Gasteiger partial charge in [0.05, 0.1) is 30.4 Å². The summed E-state index contributed by atoms with van der Waals surface area (Å²) in [5, 5.41) is 11.4. The third-order valence-corrected chi connectivity index (χ3v) is 9.07. The predicted molar refractivity (Wildman–Crippen MR) is 156 cm³/mol. The first-order valence-corrected chi connectivity index (χ1v) is 15.1. The maximum Gasteiger partial charge on any atom is 0.253 e. The number of para-hydroxylation sites is 1. The van der Waals surface area contributed by atoms with Crippen LogP contribution in [0.2, 0.25) is 0 Å². The first-order chi connectivity index (χ1) is 19.8. The Morgan fingerprint density at radius 3 is 2.46 bits per heavy atom. The molecule has 3 aromatic carbocycles. The van der Waals surface area contributed by atoms with E-state index in [9.17, 15) is 18.3 Å². The number of pyridine rings is 1. The number of benzene rings is 3. The monoisotopic (exact) mass is 575 g/mol. The molecule has 0 bridgehead atoms. The lowest BCUT2D eigenvalue weighted by molar-refractivity contribution is 0.0761. The highest BCUT2D eigenvalue weighted by molar-refractivity contribution is 7.90. The van der Waals surface area contributed by atoms with Gasteiger partial charge < -0.3 is 19.5 Å². The lowest BCUT2D eigenvalue weighted by Crippen LogP contribution is -2.35. The number of sulfone groups is 1. The predicted octanol–water partition coefficient (Wildman–Crippen LogP) is 4.28. The first-order valence-electron chi connectivity index (χ1n) is 13.4. The Morgan fingerprint density at radius 1 is 0.927 bits per heavy atom. The van der Waals surface area contributed by atoms with Crippen LogP contribution in [0, 0.1) is 0 Å². The minimum atomic E-state index is -3.64. The SMILES string of the molecule is COc1ccc(CN2CCCN(C(=O)c3ccc(CS(=O)(=O)c4cccc5cccnc45)cc3)CC2)c(O)c1OC. The van der Waals surface area contributed by atoms with Crippen molar-refractivity contribution in [1.82, 2.24) is 14.8 Å². The van der Waals surface area contributed by atoms with Gasteiger partial charge in [-0.15, -0.1) is 0 Å². The number of carbonyl (C=O) groups is 1. The van der Waals surface area contributed by atoms with E-state index in [4.69, 9.17) is 9.47 Å². The van der Waals surface area contributed by atoms with E-state index in [-0.39, 0.29) is 22.3 Å². The zero-order chi connectivity index (χ0) is 29.0. The van der Waals surface area contributed by atoms with Gasteiger partial charge in [0.2, 0.25) is 5.75 Å². The van der Waals surface area contributed by atoms with E-state index < -0.39 is 9.84 Å². The van der Waals surface area contributed by atoms with Gasteiger partial charge in [0.25, 0.3) is 5.91 Å². The molecule has 1 amide bonds. The van der Waals surface area contributed by atoms with Crippen LogP contribution >= 0.6 is 0 Å². The number of hydrogen-bond acceptors (Lipinski definition) is 8. The van der Waals surface area contributed by atoms with E-state index in [1.807, 2.05) is 23.1 Å². The minimum Gasteiger partial charge on any atom is -0.504 e. The average Bonchev–Trinajstić information content (AvgIpc) is 3.23. The highest BCUT2D eigenvalue weighted by Crippen LogP contribution is 2.39. The fraction of sp³-hybridized carbons (Fsp3) is 0.290. The van der Waals surface area contributed by atoms with Gasteiger partial charge in [-0.25, -0.2) is 8.42 Å². The molecule has 2 heterocycles. The van der Waals surface area contributed by atoms with Crippen LogP contribution in [0.4, 0.5) is 0 Å². The smallest absolute Gasteiger partial charge is 0.253 e. The number of aromatic nitrogens is 1. The molecular formula is C31H33N3O6S. The quantitative estimate of drug-likeness (QED) is 0.332. The van der Waals surface area contributed by atoms with Crippen molar-refractivity contribution < 1.29 is 27.8 Å². The number of fused-ring (bicyclic) bond motifs is 1. The molecule has 1 fully saturated rings. The maximum absolute atomic E-state index is 13.3. The number of hydrogen-bond donors (Lipinski definition) is 1. The van der Waals surface area contributed by atoms with Gasteiger partial charge in [0.15, 0.2) is 21.3 Å². The summed E-state index contributed by atoms with van der Waals surface area (Å²) in [4.78, 5) is 21.8. The van der Waals surface area contributed by atoms with E-state index in [2.05, 4.69) is 9.88 Å². The topological polar surface area (TPSA) is 109 Å². The molecule has 0 atom stereocenters. The highest BCUT2D eigenvalue weighted by Gasteiger charge is 2.23. The molecule has 4 aromatic rings. The third-order valence-electron chi connectivity index (χ3n) is 7.36. The van der Waals surface area contributed by atoms with Gasteiger partial charge in [-0.3, -0.25) is 14.7 Å². The minimum absolute atomic E-state index is 0.0582. The molecule has 1 N–H and O–H groups in total. The van der Waals surface area contributed by atoms with Crippen LogP contribution in [0.25, 0.3) is 10.9 Å². The fourth-order valence-electron chi connectivity index (χ4n) is 5.20. The van der Waals surface area contributed by atoms with Crippen LogP contribution in [0.5, 0.6) is 17.2 Å². The second kappa shape index (κ2) is 12.2. The molecule has 1 aliphatic heterocycles. The average molecular weight is 576 g/mol. The van der Waals surface area contributed by atoms with Crippen molar-refractivity contribution in [2.75, 3.05) is 40.4 Å². The van der Waals surface area contributed by atoms with Crippen molar-refractivity contribution in [3.8, 4) is 17.2 Å². The summed E-state index contributed by atoms with van der Waals surface area (Å²) in [6, 6.07) is 19.1. The summed E-state index contributed by atoms with van der Waals surface area (Å²) in [6.07, 6.45) is 2.37. The third kappa shape index (κ3) is 6.13. The molecule has 0 saturated carbocycles. The maximum atomic E-state index is 13.3. The Morgan fingerprint density at radius 2 is 1.71 bits per heavy atom. The molecule has 0 spiro atoms. The molecule has 214 valence electrons. The Bertz CT molecular complexity index is 1650. The molecular weight excluding hydrogens is 542 g/mol. The largest absolute Gasteiger partial charge is 0.504 e.